The van der Waals surface area contributed by atoms with E-state index in [0.717, 1.165) is 19.3 Å². The third kappa shape index (κ3) is 14.6. The van der Waals surface area contributed by atoms with Crippen molar-refractivity contribution in [3.05, 3.63) is 0 Å². The highest BCUT2D eigenvalue weighted by molar-refractivity contribution is 5.72. The minimum atomic E-state index is -1.82. The molecule has 6 aliphatic heterocycles. The minimum absolute atomic E-state index is 0.0258. The number of esters is 2. The lowest BCUT2D eigenvalue weighted by molar-refractivity contribution is -0.376. The van der Waals surface area contributed by atoms with Crippen molar-refractivity contribution in [2.45, 2.75) is 342 Å². The number of ether oxygens (including phenoxy) is 17. The lowest BCUT2D eigenvalue weighted by atomic mass is 9.42. The molecule has 1 unspecified atom stereocenters. The highest BCUT2D eigenvalue weighted by Crippen LogP contribution is 2.71. The van der Waals surface area contributed by atoms with Crippen molar-refractivity contribution in [3.8, 4) is 0 Å². The fraction of sp³-hybridized carbons (Fsp3) is 0.970. The smallest absolute Gasteiger partial charge is 0.309 e. The molecule has 10 aliphatic rings. The zero-order valence-corrected chi connectivity index (χ0v) is 57.9. The second-order valence-electron chi connectivity index (χ2n) is 29.6. The quantitative estimate of drug-likeness (QED) is 0.0531. The van der Waals surface area contributed by atoms with Crippen LogP contribution in [0.2, 0.25) is 0 Å². The van der Waals surface area contributed by atoms with Gasteiger partial charge < -0.3 is 132 Å². The van der Waals surface area contributed by atoms with Gasteiger partial charge in [-0.1, -0.05) is 27.7 Å². The molecule has 10 N–H and O–H groups in total. The molecule has 6 heterocycles. The highest BCUT2D eigenvalue weighted by atomic mass is 16.8. The van der Waals surface area contributed by atoms with Crippen LogP contribution in [-0.2, 0) is 90.1 Å². The molecule has 0 amide bonds. The van der Waals surface area contributed by atoms with Gasteiger partial charge >= 0.3 is 11.9 Å². The van der Waals surface area contributed by atoms with Crippen LogP contribution in [0.5, 0.6) is 0 Å². The molecule has 96 heavy (non-hydrogen) atoms. The van der Waals surface area contributed by atoms with E-state index in [1.165, 1.54) is 14.0 Å². The van der Waals surface area contributed by atoms with Crippen LogP contribution in [-0.4, -0.2) is 287 Å². The number of carbonyl (C=O) groups excluding carboxylic acids is 2. The van der Waals surface area contributed by atoms with E-state index in [2.05, 4.69) is 6.92 Å². The minimum Gasteiger partial charge on any atom is -0.462 e. The summed E-state index contributed by atoms with van der Waals surface area (Å²) in [6, 6.07) is 0. The predicted molar refractivity (Wildman–Crippen MR) is 329 cm³/mol. The molecule has 4 aliphatic carbocycles. The standard InChI is InChI=1S/C67H112O29/c1-14-29(2)61(77)87-34(7)66(78)19-20-67(79)38-16-15-36-21-37(17-18-64(36,9)39(38)22-46(65(66,67)10)88-35(8)70)89-47-23-40(71)56(30(3)83-47)92-48-24-41(80-11)57(31(4)84-48)93-49-25-42(81-12)58(32(5)85-49)94-50-26-43(82-13)59(33(6)86-50)95-63-55(76)53(74)60(45(28-69)91-63)96-62-54(75)52(73)51(72)44(27-68)90-62/h29-34,36-60,62-63,68-69,71-76,78-79H,14-28H2,1-13H3/t29?,30-,31-,32-,33-,34-,36+,37+,38-,39+,40+,41+,42-,43-,44-,45-,46-,47+,48+,49+,50+,51-,52+,53-,54-,55-,56-,57-,58-,59-,60-,62+,63+,64+,65-,66-,67+/m1/s1. The Balaban J connectivity index is 0.683. The summed E-state index contributed by atoms with van der Waals surface area (Å²) in [5.41, 5.74) is -4.59. The third-order valence-corrected chi connectivity index (χ3v) is 24.3. The van der Waals surface area contributed by atoms with Gasteiger partial charge in [-0.05, 0) is 116 Å². The Morgan fingerprint density at radius 2 is 1.02 bits per heavy atom. The van der Waals surface area contributed by atoms with Gasteiger partial charge in [0.05, 0.1) is 85.1 Å². The van der Waals surface area contributed by atoms with E-state index >= 15 is 0 Å². The summed E-state index contributed by atoms with van der Waals surface area (Å²) in [6.45, 7) is 16.6. The molecule has 0 aromatic heterocycles. The normalized spacial score (nSPS) is 51.3. The zero-order chi connectivity index (χ0) is 69.8. The summed E-state index contributed by atoms with van der Waals surface area (Å²) in [6.07, 6.45) is -23.4. The van der Waals surface area contributed by atoms with Gasteiger partial charge in [-0.25, -0.2) is 0 Å². The molecule has 29 heteroatoms. The molecule has 554 valence electrons. The third-order valence-electron chi connectivity index (χ3n) is 24.3. The second kappa shape index (κ2) is 31.1. The number of aliphatic hydroxyl groups excluding tert-OH is 8. The van der Waals surface area contributed by atoms with E-state index in [9.17, 15) is 60.7 Å². The molecule has 0 radical (unpaired) electrons. The fourth-order valence-corrected chi connectivity index (χ4v) is 18.3. The van der Waals surface area contributed by atoms with Gasteiger partial charge in [0.25, 0.3) is 0 Å². The Bertz CT molecular complexity index is 2530. The lowest BCUT2D eigenvalue weighted by Crippen LogP contribution is -2.72. The van der Waals surface area contributed by atoms with Crippen LogP contribution in [0.15, 0.2) is 0 Å². The number of hydrogen-bond donors (Lipinski definition) is 10. The number of fused-ring (bicyclic) bond motifs is 5. The van der Waals surface area contributed by atoms with Gasteiger partial charge in [-0.3, -0.25) is 9.59 Å². The summed E-state index contributed by atoms with van der Waals surface area (Å²) in [4.78, 5) is 25.9. The first-order chi connectivity index (χ1) is 45.4. The number of rotatable bonds is 22. The van der Waals surface area contributed by atoms with Gasteiger partial charge in [0, 0.05) is 53.9 Å². The van der Waals surface area contributed by atoms with Crippen molar-refractivity contribution in [1.82, 2.24) is 0 Å². The van der Waals surface area contributed by atoms with Crippen LogP contribution in [0.3, 0.4) is 0 Å². The maximum absolute atomic E-state index is 13.1. The summed E-state index contributed by atoms with van der Waals surface area (Å²) >= 11 is 0. The van der Waals surface area contributed by atoms with Crippen molar-refractivity contribution >= 4 is 11.9 Å². The summed E-state index contributed by atoms with van der Waals surface area (Å²) in [7, 11) is 4.61. The SMILES string of the molecule is CCC(C)C(=O)O[C@H](C)[C@]1(O)CC[C@]2(O)[C@@H]3CC[C@H]4C[C@@H](O[C@H]5C[C@H](O)[C@H](O[C@H]6C[C@H](OC)[C@H](O[C@H]7C[C@@H](OC)[C@H](O[C@H]8C[C@@H](OC)[C@H](O[C@@H]9O[C@H](CO)[C@@H](O[C@@H]%10O[C@H](CO)[C@@H](O)[C@H](O)[C@H]%10O)[C@H](O)[C@H]9O)[C@@H](C)O8)[C@@H](C)O7)[C@@H](C)O6)[C@@H](C)O5)CC[C@]4(C)[C@H]3C[C@@H](OC(C)=O)[C@]12C. The molecule has 0 bridgehead atoms. The number of aliphatic hydroxyl groups is 10. The maximum atomic E-state index is 13.1. The van der Waals surface area contributed by atoms with E-state index in [0.29, 0.717) is 25.7 Å². The van der Waals surface area contributed by atoms with Gasteiger partial charge in [0.1, 0.15) is 91.1 Å². The van der Waals surface area contributed by atoms with Crippen molar-refractivity contribution < 1.29 is 141 Å². The fourth-order valence-electron chi connectivity index (χ4n) is 18.3. The monoisotopic (exact) mass is 1380 g/mol. The molecule has 6 saturated heterocycles. The first-order valence-corrected chi connectivity index (χ1v) is 35.0. The van der Waals surface area contributed by atoms with Gasteiger partial charge in [0.15, 0.2) is 37.7 Å². The Labute approximate surface area is 562 Å². The summed E-state index contributed by atoms with van der Waals surface area (Å²) in [5.74, 6) is -1.27. The molecule has 0 aromatic rings. The molecule has 0 aromatic carbocycles. The zero-order valence-electron chi connectivity index (χ0n) is 57.9. The van der Waals surface area contributed by atoms with Crippen molar-refractivity contribution in [3.63, 3.8) is 0 Å². The first-order valence-electron chi connectivity index (χ1n) is 35.0. The molecule has 10 rings (SSSR count). The average Bonchev–Trinajstić information content (AvgIpc) is 1.47. The molecule has 37 atom stereocenters. The predicted octanol–water partition coefficient (Wildman–Crippen LogP) is 0.890. The highest BCUT2D eigenvalue weighted by Gasteiger charge is 2.77. The Morgan fingerprint density at radius 3 is 1.53 bits per heavy atom. The van der Waals surface area contributed by atoms with Crippen LogP contribution < -0.4 is 0 Å². The number of hydrogen-bond acceptors (Lipinski definition) is 29. The molecule has 0 spiro atoms. The Morgan fingerprint density at radius 1 is 0.531 bits per heavy atom. The molecular formula is C67H112O29. The lowest BCUT2D eigenvalue weighted by Gasteiger charge is -2.66. The number of methoxy groups -OCH3 is 3. The van der Waals surface area contributed by atoms with E-state index in [1.807, 2.05) is 34.6 Å². The Hall–Kier alpha value is -2.06. The van der Waals surface area contributed by atoms with Crippen LogP contribution in [0.1, 0.15) is 153 Å². The topological polar surface area (TPSA) is 393 Å². The van der Waals surface area contributed by atoms with Crippen LogP contribution in [0.25, 0.3) is 0 Å². The van der Waals surface area contributed by atoms with E-state index in [1.54, 1.807) is 35.0 Å². The van der Waals surface area contributed by atoms with Crippen LogP contribution in [0.4, 0.5) is 0 Å². The molecular weight excluding hydrogens is 1270 g/mol. The molecule has 4 saturated carbocycles. The van der Waals surface area contributed by atoms with E-state index in [4.69, 9.17) is 80.5 Å². The summed E-state index contributed by atoms with van der Waals surface area (Å²) in [5, 5.41) is 111. The van der Waals surface area contributed by atoms with Gasteiger partial charge in [-0.15, -0.1) is 0 Å². The number of carbonyl (C=O) groups is 2. The van der Waals surface area contributed by atoms with Crippen LogP contribution in [0, 0.1) is 34.5 Å². The van der Waals surface area contributed by atoms with E-state index in [-0.39, 0.29) is 73.7 Å². The second-order valence-corrected chi connectivity index (χ2v) is 29.6. The van der Waals surface area contributed by atoms with Crippen molar-refractivity contribution in [2.24, 2.45) is 34.5 Å². The van der Waals surface area contributed by atoms with Gasteiger partial charge in [-0.2, -0.15) is 0 Å². The molecule has 10 fully saturated rings. The first kappa shape index (κ1) is 76.6. The largest absolute Gasteiger partial charge is 0.462 e. The van der Waals surface area contributed by atoms with E-state index < -0.39 is 214 Å². The van der Waals surface area contributed by atoms with Gasteiger partial charge in [0.2, 0.25) is 0 Å². The summed E-state index contributed by atoms with van der Waals surface area (Å²) < 4.78 is 105. The van der Waals surface area contributed by atoms with Crippen molar-refractivity contribution in [2.75, 3.05) is 34.5 Å². The van der Waals surface area contributed by atoms with Crippen LogP contribution >= 0.6 is 0 Å². The Kier molecular flexibility index (Phi) is 24.8. The van der Waals surface area contributed by atoms with Crippen molar-refractivity contribution in [1.29, 1.82) is 0 Å². The average molecular weight is 1380 g/mol. The maximum Gasteiger partial charge on any atom is 0.309 e. The molecule has 29 nitrogen and oxygen atoms in total.